The predicted molar refractivity (Wildman–Crippen MR) is 91.3 cm³/mol. The van der Waals surface area contributed by atoms with E-state index in [4.69, 9.17) is 0 Å². The van der Waals surface area contributed by atoms with Gasteiger partial charge in [-0.15, -0.1) is 0 Å². The van der Waals surface area contributed by atoms with E-state index in [1.165, 1.54) is 26.9 Å². The standard InChI is InChI=1S/C19H16N.Li/c1-16-12-14-19(15-13-16)20(17-8-4-2-5-9-17)18-10-6-3-7-11-18;/h2,4-15H,1H3;. The third-order valence-electron chi connectivity index (χ3n) is 3.60. The van der Waals surface area contributed by atoms with E-state index < -0.39 is 0 Å². The third-order valence-corrected chi connectivity index (χ3v) is 3.60. The van der Waals surface area contributed by atoms with E-state index in [-0.39, 0.29) is 0 Å². The number of nitrogens with zero attached hydrogens (tertiary/aromatic N) is 1. The first-order valence-corrected chi connectivity index (χ1v) is 7.22. The van der Waals surface area contributed by atoms with Crippen LogP contribution in [0.3, 0.4) is 0 Å². The molecule has 0 fully saturated rings. The van der Waals surface area contributed by atoms with Gasteiger partial charge in [0, 0.05) is 0 Å². The van der Waals surface area contributed by atoms with E-state index in [1.54, 1.807) is 0 Å². The number of anilines is 3. The van der Waals surface area contributed by atoms with Crippen molar-refractivity contribution in [2.24, 2.45) is 0 Å². The van der Waals surface area contributed by atoms with Gasteiger partial charge in [0.05, 0.1) is 0 Å². The number of hydrogen-bond acceptors (Lipinski definition) is 1. The molecule has 0 atom stereocenters. The van der Waals surface area contributed by atoms with Crippen LogP contribution in [0.2, 0.25) is 0 Å². The zero-order valence-corrected chi connectivity index (χ0v) is 12.5. The fraction of sp³-hybridized carbons (Fsp3) is 0.0526. The van der Waals surface area contributed by atoms with Gasteiger partial charge in [0.1, 0.15) is 0 Å². The molecule has 0 radical (unpaired) electrons. The second-order valence-electron chi connectivity index (χ2n) is 5.34. The molecule has 0 unspecified atom stereocenters. The summed E-state index contributed by atoms with van der Waals surface area (Å²) in [7, 11) is 0. The molecule has 0 saturated heterocycles. The number of aryl methyl sites for hydroxylation is 1. The van der Waals surface area contributed by atoms with Crippen molar-refractivity contribution in [3.63, 3.8) is 0 Å². The maximum atomic E-state index is 2.28. The Morgan fingerprint density at radius 2 is 1.10 bits per heavy atom. The van der Waals surface area contributed by atoms with Crippen molar-refractivity contribution in [2.75, 3.05) is 4.90 Å². The van der Waals surface area contributed by atoms with E-state index >= 15 is 0 Å². The Balaban J connectivity index is 2.11. The van der Waals surface area contributed by atoms with Gasteiger partial charge in [-0.3, -0.25) is 0 Å². The third kappa shape index (κ3) is 3.21. The average molecular weight is 265 g/mol. The molecule has 0 aromatic heterocycles. The van der Waals surface area contributed by atoms with Crippen LogP contribution in [0.4, 0.5) is 17.1 Å². The first-order chi connectivity index (χ1) is 10.2. The van der Waals surface area contributed by atoms with Crippen LogP contribution in [0.25, 0.3) is 0 Å². The Morgan fingerprint density at radius 1 is 0.619 bits per heavy atom. The molecule has 3 aromatic carbocycles. The van der Waals surface area contributed by atoms with Crippen LogP contribution in [-0.2, 0) is 0 Å². The van der Waals surface area contributed by atoms with Crippen molar-refractivity contribution in [1.29, 1.82) is 0 Å². The van der Waals surface area contributed by atoms with Crippen LogP contribution >= 0.6 is 0 Å². The van der Waals surface area contributed by atoms with Crippen molar-refractivity contribution < 1.29 is 0 Å². The summed E-state index contributed by atoms with van der Waals surface area (Å²) in [5, 5.41) is 0. The summed E-state index contributed by atoms with van der Waals surface area (Å²) in [4.78, 5) is 2.28. The van der Waals surface area contributed by atoms with Gasteiger partial charge in [0.2, 0.25) is 0 Å². The van der Waals surface area contributed by atoms with Gasteiger partial charge in [-0.1, -0.05) is 0 Å². The number of benzene rings is 3. The molecule has 2 heteroatoms. The first kappa shape index (κ1) is 14.0. The van der Waals surface area contributed by atoms with Gasteiger partial charge in [0.15, 0.2) is 0 Å². The Morgan fingerprint density at radius 3 is 1.67 bits per heavy atom. The summed E-state index contributed by atoms with van der Waals surface area (Å²) < 4.78 is 1.27. The van der Waals surface area contributed by atoms with E-state index in [0.717, 1.165) is 0 Å². The van der Waals surface area contributed by atoms with Crippen LogP contribution in [0.1, 0.15) is 5.56 Å². The molecule has 0 aliphatic rings. The molecular weight excluding hydrogens is 249 g/mol. The minimum atomic E-state index is 1.17. The normalized spacial score (nSPS) is 10.4. The Kier molecular flexibility index (Phi) is 4.15. The van der Waals surface area contributed by atoms with Crippen molar-refractivity contribution >= 4 is 39.0 Å². The molecule has 0 saturated carbocycles. The van der Waals surface area contributed by atoms with Crippen molar-refractivity contribution in [2.45, 2.75) is 6.92 Å². The monoisotopic (exact) mass is 265 g/mol. The van der Waals surface area contributed by atoms with Crippen molar-refractivity contribution in [3.05, 3.63) is 84.4 Å². The second kappa shape index (κ2) is 6.22. The van der Waals surface area contributed by atoms with Gasteiger partial charge in [0.25, 0.3) is 0 Å². The average Bonchev–Trinajstić information content (AvgIpc) is 2.52. The molecule has 0 N–H and O–H groups in total. The summed E-state index contributed by atoms with van der Waals surface area (Å²) in [6.07, 6.45) is 0. The van der Waals surface area contributed by atoms with E-state index in [1.807, 2.05) is 6.07 Å². The SMILES string of the molecule is [Li][c]1ccc(N(c2ccccc2)c2ccc(C)cc2)cc1. The summed E-state index contributed by atoms with van der Waals surface area (Å²) in [5.41, 5.74) is 4.80. The fourth-order valence-corrected chi connectivity index (χ4v) is 2.41. The minimum absolute atomic E-state index is 1.17. The van der Waals surface area contributed by atoms with E-state index in [2.05, 4.69) is 102 Å². The fourth-order valence-electron chi connectivity index (χ4n) is 2.41. The van der Waals surface area contributed by atoms with Gasteiger partial charge in [-0.25, -0.2) is 0 Å². The van der Waals surface area contributed by atoms with Crippen molar-refractivity contribution in [1.82, 2.24) is 0 Å². The summed E-state index contributed by atoms with van der Waals surface area (Å²) >= 11 is 2.11. The number of hydrogen-bond donors (Lipinski definition) is 0. The second-order valence-corrected chi connectivity index (χ2v) is 5.34. The van der Waals surface area contributed by atoms with E-state index in [0.29, 0.717) is 0 Å². The van der Waals surface area contributed by atoms with Crippen LogP contribution in [-0.4, -0.2) is 17.7 Å². The van der Waals surface area contributed by atoms with Crippen LogP contribution in [0.15, 0.2) is 78.9 Å². The van der Waals surface area contributed by atoms with Crippen molar-refractivity contribution in [3.8, 4) is 0 Å². The van der Waals surface area contributed by atoms with Gasteiger partial charge >= 0.3 is 135 Å². The molecule has 21 heavy (non-hydrogen) atoms. The number of para-hydroxylation sites is 1. The Bertz CT molecular complexity index is 657. The molecule has 1 nitrogen and oxygen atoms in total. The molecule has 0 aliphatic carbocycles. The summed E-state index contributed by atoms with van der Waals surface area (Å²) in [6.45, 7) is 2.11. The predicted octanol–water partition coefficient (Wildman–Crippen LogP) is 4.26. The molecule has 98 valence electrons. The molecule has 0 heterocycles. The van der Waals surface area contributed by atoms with Crippen LogP contribution in [0.5, 0.6) is 0 Å². The molecule has 0 bridgehead atoms. The zero-order valence-electron chi connectivity index (χ0n) is 12.5. The molecule has 0 amide bonds. The summed E-state index contributed by atoms with van der Waals surface area (Å²) in [5.74, 6) is 0. The first-order valence-electron chi connectivity index (χ1n) is 7.22. The molecule has 3 aromatic rings. The van der Waals surface area contributed by atoms with Gasteiger partial charge in [-0.05, 0) is 0 Å². The zero-order chi connectivity index (χ0) is 14.7. The Hall–Kier alpha value is -1.94. The Labute approximate surface area is 135 Å². The quantitative estimate of drug-likeness (QED) is 0.640. The maximum absolute atomic E-state index is 2.28. The van der Waals surface area contributed by atoms with Gasteiger partial charge < -0.3 is 0 Å². The summed E-state index contributed by atoms with van der Waals surface area (Å²) in [6, 6.07) is 27.8. The molecule has 0 spiro atoms. The molecular formula is C19H16LiN. The molecule has 3 rings (SSSR count). The van der Waals surface area contributed by atoms with Crippen LogP contribution in [0, 0.1) is 6.92 Å². The number of rotatable bonds is 3. The van der Waals surface area contributed by atoms with E-state index in [9.17, 15) is 0 Å². The molecule has 0 aliphatic heterocycles. The topological polar surface area (TPSA) is 3.24 Å². The van der Waals surface area contributed by atoms with Crippen LogP contribution < -0.4 is 9.14 Å². The van der Waals surface area contributed by atoms with Gasteiger partial charge in [-0.2, -0.15) is 0 Å².